The minimum Gasteiger partial charge on any atom is -0.484 e. The zero-order valence-electron chi connectivity index (χ0n) is 16.7. The number of fused-ring (bicyclic) bond motifs is 1. The molecule has 0 bridgehead atoms. The zero-order chi connectivity index (χ0) is 20.9. The second-order valence-corrected chi connectivity index (χ2v) is 8.12. The summed E-state index contributed by atoms with van der Waals surface area (Å²) < 4.78 is 5.60. The molecule has 2 N–H and O–H groups in total. The van der Waals surface area contributed by atoms with E-state index in [1.807, 2.05) is 17.5 Å². The first-order chi connectivity index (χ1) is 14.6. The molecule has 2 heterocycles. The lowest BCUT2D eigenvalue weighted by Crippen LogP contribution is -2.30. The monoisotopic (exact) mass is 421 g/mol. The van der Waals surface area contributed by atoms with Gasteiger partial charge in [-0.25, -0.2) is 4.98 Å². The molecule has 0 unspecified atom stereocenters. The number of hydrogen-bond acceptors (Lipinski definition) is 5. The largest absolute Gasteiger partial charge is 0.484 e. The summed E-state index contributed by atoms with van der Waals surface area (Å²) in [5.74, 6) is 0.485. The Labute approximate surface area is 179 Å². The number of carbonyl (C=O) groups excluding carboxylic acids is 2. The molecule has 30 heavy (non-hydrogen) atoms. The summed E-state index contributed by atoms with van der Waals surface area (Å²) in [7, 11) is 0. The number of hydrogen-bond donors (Lipinski definition) is 2. The minimum atomic E-state index is -0.171. The van der Waals surface area contributed by atoms with Gasteiger partial charge in [0.25, 0.3) is 5.91 Å². The number of anilines is 1. The van der Waals surface area contributed by atoms with E-state index in [-0.39, 0.29) is 18.4 Å². The minimum absolute atomic E-state index is 0.0293. The summed E-state index contributed by atoms with van der Waals surface area (Å²) in [6.07, 6.45) is 1.83. The summed E-state index contributed by atoms with van der Waals surface area (Å²) in [6, 6.07) is 13.8. The highest BCUT2D eigenvalue weighted by molar-refractivity contribution is 7.13. The van der Waals surface area contributed by atoms with Crippen molar-refractivity contribution in [1.82, 2.24) is 10.3 Å². The van der Waals surface area contributed by atoms with Crippen LogP contribution in [0.5, 0.6) is 5.75 Å². The second kappa shape index (κ2) is 9.09. The molecule has 0 saturated heterocycles. The summed E-state index contributed by atoms with van der Waals surface area (Å²) in [5.41, 5.74) is 5.15. The van der Waals surface area contributed by atoms with E-state index in [2.05, 4.69) is 46.8 Å². The van der Waals surface area contributed by atoms with Crippen molar-refractivity contribution < 1.29 is 14.3 Å². The van der Waals surface area contributed by atoms with Crippen LogP contribution in [0.15, 0.2) is 47.8 Å². The lowest BCUT2D eigenvalue weighted by atomic mass is 10.0. The fourth-order valence-corrected chi connectivity index (χ4v) is 4.09. The van der Waals surface area contributed by atoms with Crippen LogP contribution >= 0.6 is 11.3 Å². The molecule has 2 aromatic carbocycles. The van der Waals surface area contributed by atoms with Crippen molar-refractivity contribution in [3.05, 3.63) is 64.7 Å². The molecule has 0 spiro atoms. The molecule has 4 rings (SSSR count). The van der Waals surface area contributed by atoms with Crippen LogP contribution < -0.4 is 15.4 Å². The number of carbonyl (C=O) groups is 2. The van der Waals surface area contributed by atoms with Gasteiger partial charge in [-0.2, -0.15) is 0 Å². The third-order valence-electron chi connectivity index (χ3n) is 4.90. The fourth-order valence-electron chi connectivity index (χ4n) is 3.23. The van der Waals surface area contributed by atoms with E-state index in [1.54, 1.807) is 17.4 Å². The average molecular weight is 422 g/mol. The Morgan fingerprint density at radius 2 is 2.03 bits per heavy atom. The van der Waals surface area contributed by atoms with Gasteiger partial charge in [-0.3, -0.25) is 9.59 Å². The first-order valence-electron chi connectivity index (χ1n) is 9.90. The predicted molar refractivity (Wildman–Crippen MR) is 118 cm³/mol. The van der Waals surface area contributed by atoms with Gasteiger partial charge in [0.05, 0.1) is 5.69 Å². The molecule has 3 aromatic rings. The molecular formula is C23H23N3O3S. The van der Waals surface area contributed by atoms with E-state index in [0.717, 1.165) is 27.5 Å². The van der Waals surface area contributed by atoms with Crippen LogP contribution in [0.25, 0.3) is 10.6 Å². The number of aromatic nitrogens is 1. The van der Waals surface area contributed by atoms with Crippen molar-refractivity contribution in [2.75, 3.05) is 18.5 Å². The molecule has 2 amide bonds. The van der Waals surface area contributed by atoms with E-state index in [9.17, 15) is 9.59 Å². The summed E-state index contributed by atoms with van der Waals surface area (Å²) in [4.78, 5) is 28.2. The highest BCUT2D eigenvalue weighted by atomic mass is 32.1. The van der Waals surface area contributed by atoms with Crippen molar-refractivity contribution in [3.8, 4) is 16.3 Å². The Bertz CT molecular complexity index is 1060. The third-order valence-corrected chi connectivity index (χ3v) is 5.84. The van der Waals surface area contributed by atoms with Gasteiger partial charge in [0.2, 0.25) is 5.91 Å². The van der Waals surface area contributed by atoms with Gasteiger partial charge in [0.15, 0.2) is 6.61 Å². The smallest absolute Gasteiger partial charge is 0.257 e. The molecule has 0 atom stereocenters. The first kappa shape index (κ1) is 20.1. The third kappa shape index (κ3) is 5.04. The van der Waals surface area contributed by atoms with Crippen LogP contribution in [0, 0.1) is 6.92 Å². The van der Waals surface area contributed by atoms with Gasteiger partial charge in [0.1, 0.15) is 10.8 Å². The zero-order valence-corrected chi connectivity index (χ0v) is 17.6. The van der Waals surface area contributed by atoms with Crippen LogP contribution in [-0.2, 0) is 22.4 Å². The van der Waals surface area contributed by atoms with Gasteiger partial charge in [-0.05, 0) is 37.1 Å². The van der Waals surface area contributed by atoms with Gasteiger partial charge in [0, 0.05) is 36.0 Å². The number of nitrogens with zero attached hydrogens (tertiary/aromatic N) is 1. The molecule has 0 aliphatic carbocycles. The number of aryl methyl sites for hydroxylation is 2. The van der Waals surface area contributed by atoms with Crippen LogP contribution in [-0.4, -0.2) is 29.9 Å². The maximum Gasteiger partial charge on any atom is 0.257 e. The van der Waals surface area contributed by atoms with Crippen molar-refractivity contribution >= 4 is 28.8 Å². The Kier molecular flexibility index (Phi) is 6.09. The lowest BCUT2D eigenvalue weighted by molar-refractivity contribution is -0.123. The molecule has 1 aliphatic heterocycles. The Balaban J connectivity index is 1.22. The lowest BCUT2D eigenvalue weighted by Gasteiger charge is -2.17. The number of amides is 2. The van der Waals surface area contributed by atoms with Crippen molar-refractivity contribution in [2.45, 2.75) is 26.2 Å². The molecule has 0 fully saturated rings. The highest BCUT2D eigenvalue weighted by Gasteiger charge is 2.15. The molecule has 6 nitrogen and oxygen atoms in total. The molecule has 1 aromatic heterocycles. The maximum absolute atomic E-state index is 12.1. The average Bonchev–Trinajstić information content (AvgIpc) is 3.21. The standard InChI is InChI=1S/C23H23N3O3S/c1-15-2-4-16(5-3-15)23-25-18(14-30-23)10-11-24-22(28)13-29-19-7-8-20-17(12-19)6-9-21(27)26-20/h2-5,7-8,12,14H,6,9-11,13H2,1H3,(H,24,28)(H,26,27). The van der Waals surface area contributed by atoms with E-state index >= 15 is 0 Å². The van der Waals surface area contributed by atoms with Gasteiger partial charge < -0.3 is 15.4 Å². The number of rotatable bonds is 7. The van der Waals surface area contributed by atoms with Gasteiger partial charge >= 0.3 is 0 Å². The number of ether oxygens (including phenoxy) is 1. The Hall–Kier alpha value is -3.19. The first-order valence-corrected chi connectivity index (χ1v) is 10.8. The van der Waals surface area contributed by atoms with Crippen molar-refractivity contribution in [3.63, 3.8) is 0 Å². The maximum atomic E-state index is 12.1. The normalized spacial score (nSPS) is 12.8. The number of nitrogens with one attached hydrogen (secondary N) is 2. The van der Waals surface area contributed by atoms with Gasteiger partial charge in [-0.1, -0.05) is 29.8 Å². The van der Waals surface area contributed by atoms with Gasteiger partial charge in [-0.15, -0.1) is 11.3 Å². The second-order valence-electron chi connectivity index (χ2n) is 7.27. The SMILES string of the molecule is Cc1ccc(-c2nc(CCNC(=O)COc3ccc4c(c3)CCC(=O)N4)cs2)cc1. The molecule has 7 heteroatoms. The van der Waals surface area contributed by atoms with Crippen LogP contribution in [0.4, 0.5) is 5.69 Å². The van der Waals surface area contributed by atoms with Crippen LogP contribution in [0.1, 0.15) is 23.2 Å². The quantitative estimate of drug-likeness (QED) is 0.609. The Morgan fingerprint density at radius 1 is 1.20 bits per heavy atom. The summed E-state index contributed by atoms with van der Waals surface area (Å²) in [6.45, 7) is 2.53. The molecule has 0 saturated carbocycles. The molecular weight excluding hydrogens is 398 g/mol. The summed E-state index contributed by atoms with van der Waals surface area (Å²) >= 11 is 1.61. The van der Waals surface area contributed by atoms with E-state index in [1.165, 1.54) is 5.56 Å². The fraction of sp³-hybridized carbons (Fsp3) is 0.261. The van der Waals surface area contributed by atoms with Crippen LogP contribution in [0.2, 0.25) is 0 Å². The van der Waals surface area contributed by atoms with Crippen LogP contribution in [0.3, 0.4) is 0 Å². The molecule has 154 valence electrons. The van der Waals surface area contributed by atoms with E-state index in [0.29, 0.717) is 31.6 Å². The summed E-state index contributed by atoms with van der Waals surface area (Å²) in [5, 5.41) is 8.72. The highest BCUT2D eigenvalue weighted by Crippen LogP contribution is 2.27. The van der Waals surface area contributed by atoms with E-state index < -0.39 is 0 Å². The predicted octanol–water partition coefficient (Wildman–Crippen LogP) is 3.74. The topological polar surface area (TPSA) is 80.3 Å². The molecule has 0 radical (unpaired) electrons. The Morgan fingerprint density at radius 3 is 2.87 bits per heavy atom. The van der Waals surface area contributed by atoms with E-state index in [4.69, 9.17) is 4.74 Å². The number of benzene rings is 2. The number of thiazole rings is 1. The van der Waals surface area contributed by atoms with Crippen molar-refractivity contribution in [2.24, 2.45) is 0 Å². The molecule has 1 aliphatic rings. The van der Waals surface area contributed by atoms with Crippen molar-refractivity contribution in [1.29, 1.82) is 0 Å².